The topological polar surface area (TPSA) is 59.1 Å². The summed E-state index contributed by atoms with van der Waals surface area (Å²) in [6.45, 7) is 1.47. The molecule has 1 N–H and O–H groups in total. The predicted octanol–water partition coefficient (Wildman–Crippen LogP) is 3.11. The quantitative estimate of drug-likeness (QED) is 0.666. The highest BCUT2D eigenvalue weighted by Gasteiger charge is 2.12. The van der Waals surface area contributed by atoms with Crippen LogP contribution in [0.2, 0.25) is 0 Å². The predicted molar refractivity (Wildman–Crippen MR) is 74.0 cm³/mol. The number of rotatable bonds is 4. The summed E-state index contributed by atoms with van der Waals surface area (Å²) in [7, 11) is 0. The summed E-state index contributed by atoms with van der Waals surface area (Å²) in [5, 5.41) is 2.80. The highest BCUT2D eigenvalue weighted by Crippen LogP contribution is 2.21. The van der Waals surface area contributed by atoms with Crippen LogP contribution < -0.4 is 5.32 Å². The fourth-order valence-electron chi connectivity index (χ4n) is 2.25. The maximum atomic E-state index is 12.0. The second kappa shape index (κ2) is 6.27. The zero-order chi connectivity index (χ0) is 13.7. The Morgan fingerprint density at radius 2 is 2.21 bits per heavy atom. The third-order valence-electron chi connectivity index (χ3n) is 3.25. The molecule has 0 fully saturated rings. The van der Waals surface area contributed by atoms with E-state index in [9.17, 15) is 9.59 Å². The smallest absolute Gasteiger partial charge is 0.228 e. The number of nitrogens with zero attached hydrogens (tertiary/aromatic N) is 1. The Morgan fingerprint density at radius 3 is 2.89 bits per heavy atom. The van der Waals surface area contributed by atoms with Crippen molar-refractivity contribution in [3.63, 3.8) is 0 Å². The number of nitrogens with one attached hydrogen (secondary N) is 1. The second-order valence-corrected chi connectivity index (χ2v) is 4.81. The molecule has 0 unspecified atom stereocenters. The van der Waals surface area contributed by atoms with E-state index in [1.54, 1.807) is 12.3 Å². The lowest BCUT2D eigenvalue weighted by Gasteiger charge is -2.13. The Kier molecular flexibility index (Phi) is 4.44. The third kappa shape index (κ3) is 3.74. The first-order valence-electron chi connectivity index (χ1n) is 6.59. The molecule has 0 aromatic carbocycles. The van der Waals surface area contributed by atoms with Gasteiger partial charge < -0.3 is 5.32 Å². The zero-order valence-corrected chi connectivity index (χ0v) is 11.1. The normalized spacial score (nSPS) is 14.7. The van der Waals surface area contributed by atoms with Gasteiger partial charge in [-0.3, -0.25) is 14.6 Å². The van der Waals surface area contributed by atoms with E-state index in [1.165, 1.54) is 25.1 Å². The molecule has 0 spiro atoms. The number of ketones is 1. The van der Waals surface area contributed by atoms with Crippen molar-refractivity contribution in [3.8, 4) is 0 Å². The molecular weight excluding hydrogens is 240 g/mol. The number of pyridine rings is 1. The second-order valence-electron chi connectivity index (χ2n) is 4.81. The van der Waals surface area contributed by atoms with Gasteiger partial charge in [-0.2, -0.15) is 0 Å². The highest BCUT2D eigenvalue weighted by molar-refractivity contribution is 6.03. The van der Waals surface area contributed by atoms with E-state index >= 15 is 0 Å². The molecule has 19 heavy (non-hydrogen) atoms. The molecule has 1 aromatic heterocycles. The van der Waals surface area contributed by atoms with Crippen molar-refractivity contribution >= 4 is 17.4 Å². The van der Waals surface area contributed by atoms with Gasteiger partial charge in [-0.05, 0) is 38.7 Å². The number of aromatic nitrogens is 1. The molecule has 1 amide bonds. The van der Waals surface area contributed by atoms with Crippen LogP contribution in [0.4, 0.5) is 5.69 Å². The van der Waals surface area contributed by atoms with Gasteiger partial charge in [0, 0.05) is 18.8 Å². The summed E-state index contributed by atoms with van der Waals surface area (Å²) in [4.78, 5) is 27.3. The summed E-state index contributed by atoms with van der Waals surface area (Å²) >= 11 is 0. The zero-order valence-electron chi connectivity index (χ0n) is 11.1. The van der Waals surface area contributed by atoms with Crippen LogP contribution >= 0.6 is 0 Å². The molecule has 2 rings (SSSR count). The molecule has 0 saturated heterocycles. The molecule has 0 atom stereocenters. The Morgan fingerprint density at radius 1 is 1.37 bits per heavy atom. The summed E-state index contributed by atoms with van der Waals surface area (Å²) in [6, 6.07) is 1.66. The molecule has 4 nitrogen and oxygen atoms in total. The molecule has 1 aromatic rings. The first kappa shape index (κ1) is 13.5. The lowest BCUT2D eigenvalue weighted by molar-refractivity contribution is -0.115. The Bertz CT molecular complexity index is 521. The van der Waals surface area contributed by atoms with Crippen LogP contribution in [0.25, 0.3) is 0 Å². The number of carbonyl (C=O) groups excluding carboxylic acids is 2. The van der Waals surface area contributed by atoms with Crippen molar-refractivity contribution in [3.05, 3.63) is 35.7 Å². The van der Waals surface area contributed by atoms with Gasteiger partial charge in [-0.1, -0.05) is 11.6 Å². The standard InChI is InChI=1S/C15H18N2O2/c1-11(18)13-10-16-8-7-14(13)17-15(19)9-12-5-3-2-4-6-12/h5,7-8,10H,2-4,6,9H2,1H3,(H,16,17,19). The largest absolute Gasteiger partial charge is 0.325 e. The number of hydrogen-bond acceptors (Lipinski definition) is 3. The fraction of sp³-hybridized carbons (Fsp3) is 0.400. The Balaban J connectivity index is 2.02. The monoisotopic (exact) mass is 258 g/mol. The van der Waals surface area contributed by atoms with Crippen LogP contribution in [0.15, 0.2) is 30.1 Å². The van der Waals surface area contributed by atoms with Crippen LogP contribution in [0.3, 0.4) is 0 Å². The molecule has 1 aliphatic rings. The van der Waals surface area contributed by atoms with Crippen molar-refractivity contribution < 1.29 is 9.59 Å². The van der Waals surface area contributed by atoms with E-state index in [0.717, 1.165) is 19.3 Å². The Hall–Kier alpha value is -1.97. The highest BCUT2D eigenvalue weighted by atomic mass is 16.1. The first-order chi connectivity index (χ1) is 9.16. The molecular formula is C15H18N2O2. The van der Waals surface area contributed by atoms with Crippen molar-refractivity contribution in [2.24, 2.45) is 0 Å². The van der Waals surface area contributed by atoms with E-state index in [2.05, 4.69) is 16.4 Å². The van der Waals surface area contributed by atoms with Gasteiger partial charge >= 0.3 is 0 Å². The van der Waals surface area contributed by atoms with E-state index in [-0.39, 0.29) is 11.7 Å². The van der Waals surface area contributed by atoms with Gasteiger partial charge in [0.2, 0.25) is 5.91 Å². The van der Waals surface area contributed by atoms with Crippen LogP contribution in [0.5, 0.6) is 0 Å². The minimum atomic E-state index is -0.0970. The summed E-state index contributed by atoms with van der Waals surface area (Å²) in [5.41, 5.74) is 2.19. The lowest BCUT2D eigenvalue weighted by Crippen LogP contribution is -2.15. The van der Waals surface area contributed by atoms with Gasteiger partial charge in [0.05, 0.1) is 11.3 Å². The molecule has 0 aliphatic heterocycles. The van der Waals surface area contributed by atoms with Gasteiger partial charge in [-0.15, -0.1) is 0 Å². The molecule has 1 aliphatic carbocycles. The van der Waals surface area contributed by atoms with E-state index in [1.807, 2.05) is 0 Å². The number of Topliss-reactive ketones (excluding diaryl/α,β-unsaturated/α-hetero) is 1. The lowest BCUT2D eigenvalue weighted by atomic mass is 9.97. The number of allylic oxidation sites excluding steroid dienone is 1. The molecule has 100 valence electrons. The van der Waals surface area contributed by atoms with Crippen molar-refractivity contribution in [1.29, 1.82) is 0 Å². The van der Waals surface area contributed by atoms with Crippen LogP contribution in [-0.4, -0.2) is 16.7 Å². The number of anilines is 1. The van der Waals surface area contributed by atoms with Gasteiger partial charge in [0.15, 0.2) is 5.78 Å². The van der Waals surface area contributed by atoms with E-state index < -0.39 is 0 Å². The van der Waals surface area contributed by atoms with Gasteiger partial charge in [-0.25, -0.2) is 0 Å². The molecule has 0 radical (unpaired) electrons. The van der Waals surface area contributed by atoms with E-state index in [0.29, 0.717) is 17.7 Å². The fourth-order valence-corrected chi connectivity index (χ4v) is 2.25. The average molecular weight is 258 g/mol. The van der Waals surface area contributed by atoms with Crippen LogP contribution in [0, 0.1) is 0 Å². The number of hydrogen-bond donors (Lipinski definition) is 1. The molecule has 0 saturated carbocycles. The SMILES string of the molecule is CC(=O)c1cnccc1NC(=O)CC1=CCCCC1. The summed E-state index contributed by atoms with van der Waals surface area (Å²) < 4.78 is 0. The molecule has 0 bridgehead atoms. The minimum Gasteiger partial charge on any atom is -0.325 e. The van der Waals surface area contributed by atoms with Gasteiger partial charge in [0.1, 0.15) is 0 Å². The number of carbonyl (C=O) groups is 2. The summed E-state index contributed by atoms with van der Waals surface area (Å²) in [5.74, 6) is -0.165. The number of amides is 1. The maximum absolute atomic E-state index is 12.0. The van der Waals surface area contributed by atoms with Crippen LogP contribution in [0.1, 0.15) is 49.4 Å². The molecule has 1 heterocycles. The minimum absolute atomic E-state index is 0.0677. The molecule has 4 heteroatoms. The van der Waals surface area contributed by atoms with Gasteiger partial charge in [0.25, 0.3) is 0 Å². The summed E-state index contributed by atoms with van der Waals surface area (Å²) in [6.07, 6.45) is 10.1. The van der Waals surface area contributed by atoms with Crippen molar-refractivity contribution in [2.75, 3.05) is 5.32 Å². The third-order valence-corrected chi connectivity index (χ3v) is 3.25. The van der Waals surface area contributed by atoms with Crippen molar-refractivity contribution in [1.82, 2.24) is 4.98 Å². The maximum Gasteiger partial charge on any atom is 0.228 e. The van der Waals surface area contributed by atoms with Crippen molar-refractivity contribution in [2.45, 2.75) is 39.0 Å². The Labute approximate surface area is 112 Å². The first-order valence-corrected chi connectivity index (χ1v) is 6.59. The average Bonchev–Trinajstić information content (AvgIpc) is 2.40. The van der Waals surface area contributed by atoms with E-state index in [4.69, 9.17) is 0 Å². The van der Waals surface area contributed by atoms with Crippen LogP contribution in [-0.2, 0) is 4.79 Å².